The number of aromatic nitrogens is 2. The van der Waals surface area contributed by atoms with Crippen LogP contribution in [0.1, 0.15) is 18.9 Å². The van der Waals surface area contributed by atoms with Crippen LogP contribution in [0, 0.1) is 6.92 Å². The maximum atomic E-state index is 11.6. The number of imide groups is 1. The van der Waals surface area contributed by atoms with E-state index in [1.165, 1.54) is 0 Å². The molecule has 122 valence electrons. The standard InChI is InChI=1S/C15H18N4O3S/c1-3-8-16-14(21)17-12(20)9-23-15-19-18-13(22-15)11-6-4-10(2)5-7-11/h4-7H,3,8-9H2,1-2H3,(H2,16,17,20,21). The summed E-state index contributed by atoms with van der Waals surface area (Å²) in [6, 6.07) is 7.19. The Labute approximate surface area is 138 Å². The third-order valence-corrected chi connectivity index (χ3v) is 3.64. The minimum Gasteiger partial charge on any atom is -0.411 e. The summed E-state index contributed by atoms with van der Waals surface area (Å²) < 4.78 is 5.49. The fourth-order valence-electron chi connectivity index (χ4n) is 1.65. The van der Waals surface area contributed by atoms with Crippen molar-refractivity contribution in [2.75, 3.05) is 12.3 Å². The van der Waals surface area contributed by atoms with Gasteiger partial charge in [-0.25, -0.2) is 4.79 Å². The Morgan fingerprint density at radius 2 is 1.96 bits per heavy atom. The number of nitrogens with zero attached hydrogens (tertiary/aromatic N) is 2. The lowest BCUT2D eigenvalue weighted by Crippen LogP contribution is -2.40. The van der Waals surface area contributed by atoms with Gasteiger partial charge in [0.25, 0.3) is 5.22 Å². The van der Waals surface area contributed by atoms with E-state index in [2.05, 4.69) is 20.8 Å². The summed E-state index contributed by atoms with van der Waals surface area (Å²) in [6.07, 6.45) is 0.806. The van der Waals surface area contributed by atoms with E-state index in [4.69, 9.17) is 4.42 Å². The molecule has 1 aromatic heterocycles. The number of thioether (sulfide) groups is 1. The van der Waals surface area contributed by atoms with E-state index in [1.54, 1.807) is 0 Å². The van der Waals surface area contributed by atoms with Gasteiger partial charge in [0.15, 0.2) is 0 Å². The summed E-state index contributed by atoms with van der Waals surface area (Å²) >= 11 is 1.08. The summed E-state index contributed by atoms with van der Waals surface area (Å²) in [5.41, 5.74) is 1.96. The summed E-state index contributed by atoms with van der Waals surface area (Å²) in [4.78, 5) is 23.0. The van der Waals surface area contributed by atoms with E-state index >= 15 is 0 Å². The number of urea groups is 1. The van der Waals surface area contributed by atoms with Gasteiger partial charge in [-0.1, -0.05) is 36.4 Å². The summed E-state index contributed by atoms with van der Waals surface area (Å²) in [5, 5.41) is 12.9. The third kappa shape index (κ3) is 5.41. The van der Waals surface area contributed by atoms with Crippen molar-refractivity contribution in [2.45, 2.75) is 25.5 Å². The second-order valence-electron chi connectivity index (χ2n) is 4.83. The van der Waals surface area contributed by atoms with Crippen LogP contribution in [0.4, 0.5) is 4.79 Å². The van der Waals surface area contributed by atoms with Gasteiger partial charge in [0.1, 0.15) is 0 Å². The fourth-order valence-corrected chi connectivity index (χ4v) is 2.22. The largest absolute Gasteiger partial charge is 0.411 e. The zero-order chi connectivity index (χ0) is 16.7. The SMILES string of the molecule is CCCNC(=O)NC(=O)CSc1nnc(-c2ccc(C)cc2)o1. The number of amides is 3. The Balaban J connectivity index is 1.84. The zero-order valence-corrected chi connectivity index (χ0v) is 13.8. The number of carbonyl (C=O) groups is 2. The Bertz CT molecular complexity index is 670. The Morgan fingerprint density at radius 1 is 1.22 bits per heavy atom. The highest BCUT2D eigenvalue weighted by molar-refractivity contribution is 7.99. The molecule has 0 radical (unpaired) electrons. The maximum Gasteiger partial charge on any atom is 0.321 e. The number of rotatable bonds is 6. The lowest BCUT2D eigenvalue weighted by molar-refractivity contribution is -0.117. The molecular weight excluding hydrogens is 316 g/mol. The van der Waals surface area contributed by atoms with Crippen LogP contribution < -0.4 is 10.6 Å². The fraction of sp³-hybridized carbons (Fsp3) is 0.333. The predicted octanol–water partition coefficient (Wildman–Crippen LogP) is 2.37. The maximum absolute atomic E-state index is 11.6. The highest BCUT2D eigenvalue weighted by Crippen LogP contribution is 2.23. The molecule has 0 saturated heterocycles. The number of hydrogen-bond donors (Lipinski definition) is 2. The van der Waals surface area contributed by atoms with Crippen molar-refractivity contribution in [3.05, 3.63) is 29.8 Å². The molecule has 1 heterocycles. The number of carbonyl (C=O) groups excluding carboxylic acids is 2. The van der Waals surface area contributed by atoms with Gasteiger partial charge in [-0.05, 0) is 25.5 Å². The summed E-state index contributed by atoms with van der Waals surface area (Å²) in [7, 11) is 0. The zero-order valence-electron chi connectivity index (χ0n) is 13.0. The number of hydrogen-bond acceptors (Lipinski definition) is 6. The summed E-state index contributed by atoms with van der Waals surface area (Å²) in [6.45, 7) is 4.45. The first-order valence-electron chi connectivity index (χ1n) is 7.19. The first kappa shape index (κ1) is 17.0. The third-order valence-electron chi connectivity index (χ3n) is 2.82. The molecule has 0 atom stereocenters. The van der Waals surface area contributed by atoms with Crippen LogP contribution in [0.3, 0.4) is 0 Å². The Kier molecular flexibility index (Phi) is 6.16. The molecule has 8 heteroatoms. The van der Waals surface area contributed by atoms with E-state index in [9.17, 15) is 9.59 Å². The lowest BCUT2D eigenvalue weighted by Gasteiger charge is -2.04. The Morgan fingerprint density at radius 3 is 2.65 bits per heavy atom. The normalized spacial score (nSPS) is 10.3. The van der Waals surface area contributed by atoms with Crippen molar-refractivity contribution in [1.29, 1.82) is 0 Å². The van der Waals surface area contributed by atoms with Crippen molar-refractivity contribution in [3.8, 4) is 11.5 Å². The van der Waals surface area contributed by atoms with Crippen molar-refractivity contribution >= 4 is 23.7 Å². The molecule has 2 rings (SSSR count). The molecule has 0 unspecified atom stereocenters. The van der Waals surface area contributed by atoms with Gasteiger partial charge in [0.2, 0.25) is 11.8 Å². The topological polar surface area (TPSA) is 97.1 Å². The van der Waals surface area contributed by atoms with Crippen molar-refractivity contribution < 1.29 is 14.0 Å². The van der Waals surface area contributed by atoms with E-state index in [1.807, 2.05) is 38.1 Å². The van der Waals surface area contributed by atoms with E-state index in [0.717, 1.165) is 29.3 Å². The average Bonchev–Trinajstić information content (AvgIpc) is 3.00. The predicted molar refractivity (Wildman–Crippen MR) is 87.0 cm³/mol. The second-order valence-corrected chi connectivity index (χ2v) is 5.76. The molecule has 0 saturated carbocycles. The van der Waals surface area contributed by atoms with Gasteiger partial charge >= 0.3 is 6.03 Å². The molecule has 23 heavy (non-hydrogen) atoms. The van der Waals surface area contributed by atoms with Gasteiger partial charge in [-0.15, -0.1) is 10.2 Å². The van der Waals surface area contributed by atoms with E-state index in [-0.39, 0.29) is 11.0 Å². The van der Waals surface area contributed by atoms with Crippen molar-refractivity contribution in [3.63, 3.8) is 0 Å². The van der Waals surface area contributed by atoms with Gasteiger partial charge in [-0.2, -0.15) is 0 Å². The molecule has 2 N–H and O–H groups in total. The van der Waals surface area contributed by atoms with Crippen LogP contribution in [-0.4, -0.2) is 34.4 Å². The van der Waals surface area contributed by atoms with Gasteiger partial charge in [0.05, 0.1) is 5.75 Å². The first-order chi connectivity index (χ1) is 11.1. The van der Waals surface area contributed by atoms with Gasteiger partial charge < -0.3 is 9.73 Å². The highest BCUT2D eigenvalue weighted by Gasteiger charge is 2.12. The highest BCUT2D eigenvalue weighted by atomic mass is 32.2. The molecule has 0 bridgehead atoms. The minimum absolute atomic E-state index is 0.0229. The van der Waals surface area contributed by atoms with Crippen LogP contribution in [0.5, 0.6) is 0 Å². The minimum atomic E-state index is -0.497. The van der Waals surface area contributed by atoms with Crippen molar-refractivity contribution in [1.82, 2.24) is 20.8 Å². The smallest absolute Gasteiger partial charge is 0.321 e. The quantitative estimate of drug-likeness (QED) is 0.787. The van der Waals surface area contributed by atoms with E-state index in [0.29, 0.717) is 12.4 Å². The molecule has 0 aliphatic rings. The molecule has 7 nitrogen and oxygen atoms in total. The number of benzene rings is 1. The molecular formula is C15H18N4O3S. The van der Waals surface area contributed by atoms with Crippen LogP contribution in [0.2, 0.25) is 0 Å². The van der Waals surface area contributed by atoms with Crippen LogP contribution in [0.15, 0.2) is 33.9 Å². The molecule has 0 fully saturated rings. The molecule has 0 spiro atoms. The lowest BCUT2D eigenvalue weighted by atomic mass is 10.1. The van der Waals surface area contributed by atoms with Crippen LogP contribution in [-0.2, 0) is 4.79 Å². The molecule has 0 aliphatic carbocycles. The summed E-state index contributed by atoms with van der Waals surface area (Å²) in [5.74, 6) is 0.00186. The van der Waals surface area contributed by atoms with Crippen molar-refractivity contribution in [2.24, 2.45) is 0 Å². The number of nitrogens with one attached hydrogen (secondary N) is 2. The monoisotopic (exact) mass is 334 g/mol. The van der Waals surface area contributed by atoms with Gasteiger partial charge in [0, 0.05) is 12.1 Å². The number of aryl methyl sites for hydroxylation is 1. The van der Waals surface area contributed by atoms with E-state index < -0.39 is 11.9 Å². The molecule has 1 aromatic carbocycles. The molecule has 3 amide bonds. The van der Waals surface area contributed by atoms with Crippen LogP contribution >= 0.6 is 11.8 Å². The van der Waals surface area contributed by atoms with Gasteiger partial charge in [-0.3, -0.25) is 10.1 Å². The first-order valence-corrected chi connectivity index (χ1v) is 8.18. The molecule has 2 aromatic rings. The van der Waals surface area contributed by atoms with Crippen LogP contribution in [0.25, 0.3) is 11.5 Å². The Hall–Kier alpha value is -2.35. The molecule has 0 aliphatic heterocycles. The second kappa shape index (κ2) is 8.33. The average molecular weight is 334 g/mol.